The molecule has 36 heavy (non-hydrogen) atoms. The quantitative estimate of drug-likeness (QED) is 0.313. The Hall–Kier alpha value is -3.68. The van der Waals surface area contributed by atoms with Crippen molar-refractivity contribution in [1.82, 2.24) is 4.98 Å². The Morgan fingerprint density at radius 1 is 0.944 bits per heavy atom. The lowest BCUT2D eigenvalue weighted by atomic mass is 9.92. The summed E-state index contributed by atoms with van der Waals surface area (Å²) in [5, 5.41) is 20.0. The lowest BCUT2D eigenvalue weighted by Gasteiger charge is -2.47. The maximum absolute atomic E-state index is 13.3. The molecule has 0 aliphatic carbocycles. The van der Waals surface area contributed by atoms with Gasteiger partial charge < -0.3 is 15.1 Å². The zero-order chi connectivity index (χ0) is 25.2. The van der Waals surface area contributed by atoms with Crippen LogP contribution in [-0.4, -0.2) is 32.1 Å². The first kappa shape index (κ1) is 24.0. The number of aliphatic hydroxyl groups excluding tert-OH is 1. The fourth-order valence-corrected chi connectivity index (χ4v) is 5.64. The van der Waals surface area contributed by atoms with E-state index in [2.05, 4.69) is 4.98 Å². The van der Waals surface area contributed by atoms with Gasteiger partial charge in [0, 0.05) is 28.9 Å². The van der Waals surface area contributed by atoms with E-state index >= 15 is 0 Å². The zero-order valence-corrected chi connectivity index (χ0v) is 20.4. The highest BCUT2D eigenvalue weighted by molar-refractivity contribution is 8.00. The van der Waals surface area contributed by atoms with Gasteiger partial charge in [-0.2, -0.15) is 0 Å². The molecule has 0 spiro atoms. The second kappa shape index (κ2) is 10.1. The number of rotatable bonds is 7. The summed E-state index contributed by atoms with van der Waals surface area (Å²) < 4.78 is 13.2. The molecule has 4 aromatic rings. The Balaban J connectivity index is 1.37. The number of hydrogen-bond donors (Lipinski definition) is 2. The lowest BCUT2D eigenvalue weighted by Crippen LogP contribution is -2.57. The van der Waals surface area contributed by atoms with Crippen LogP contribution in [0.4, 0.5) is 10.1 Å². The van der Waals surface area contributed by atoms with E-state index in [0.29, 0.717) is 11.3 Å². The smallest absolute Gasteiger partial charge is 0.243 e. The molecule has 1 saturated heterocycles. The minimum Gasteiger partial charge on any atom is -0.508 e. The zero-order valence-electron chi connectivity index (χ0n) is 19.6. The number of β-lactam (4-membered cyclic amide) rings is 1. The topological polar surface area (TPSA) is 73.7 Å². The van der Waals surface area contributed by atoms with Gasteiger partial charge in [-0.05, 0) is 66.1 Å². The number of aliphatic hydroxyl groups is 1. The van der Waals surface area contributed by atoms with E-state index in [4.69, 9.17) is 0 Å². The van der Waals surface area contributed by atoms with Gasteiger partial charge in [0.15, 0.2) is 0 Å². The van der Waals surface area contributed by atoms with Crippen molar-refractivity contribution < 1.29 is 19.4 Å². The van der Waals surface area contributed by atoms with Crippen molar-refractivity contribution in [3.8, 4) is 16.9 Å². The van der Waals surface area contributed by atoms with Gasteiger partial charge in [0.2, 0.25) is 5.91 Å². The summed E-state index contributed by atoms with van der Waals surface area (Å²) >= 11 is 1.38. The van der Waals surface area contributed by atoms with Crippen molar-refractivity contribution in [2.24, 2.45) is 0 Å². The van der Waals surface area contributed by atoms with Crippen LogP contribution in [0, 0.1) is 12.7 Å². The highest BCUT2D eigenvalue weighted by atomic mass is 32.2. The van der Waals surface area contributed by atoms with Crippen LogP contribution in [0.25, 0.3) is 11.1 Å². The van der Waals surface area contributed by atoms with E-state index in [0.717, 1.165) is 28.1 Å². The van der Waals surface area contributed by atoms with Crippen LogP contribution in [0.2, 0.25) is 0 Å². The number of halogens is 1. The molecule has 7 heteroatoms. The Morgan fingerprint density at radius 2 is 1.61 bits per heavy atom. The first-order valence-corrected chi connectivity index (χ1v) is 12.7. The van der Waals surface area contributed by atoms with Gasteiger partial charge >= 0.3 is 0 Å². The standard InChI is InChI=1S/C29H25FN2O3S/c1-18-2-3-22(16-31-18)19-6-12-24(13-7-19)32-27(21-8-14-25(33)15-9-21)28(29(32)35)36-17-26(34)20-4-10-23(30)11-5-20/h2-16,26-28,33-34H,17H2,1H3/t26-,27-,28-/m1/s1. The third-order valence-electron chi connectivity index (χ3n) is 6.36. The van der Waals surface area contributed by atoms with Crippen LogP contribution in [0.15, 0.2) is 91.1 Å². The Bertz CT molecular complexity index is 1340. The molecule has 3 atom stereocenters. The first-order valence-electron chi connectivity index (χ1n) is 11.6. The summed E-state index contributed by atoms with van der Waals surface area (Å²) in [6, 6.07) is 24.1. The Morgan fingerprint density at radius 3 is 2.25 bits per heavy atom. The largest absolute Gasteiger partial charge is 0.508 e. The Labute approximate surface area is 213 Å². The fourth-order valence-electron chi connectivity index (χ4n) is 4.34. The predicted octanol–water partition coefficient (Wildman–Crippen LogP) is 5.83. The van der Waals surface area contributed by atoms with Crippen molar-refractivity contribution in [2.75, 3.05) is 10.7 Å². The van der Waals surface area contributed by atoms with Gasteiger partial charge in [0.1, 0.15) is 16.8 Å². The second-order valence-electron chi connectivity index (χ2n) is 8.80. The van der Waals surface area contributed by atoms with E-state index < -0.39 is 11.4 Å². The van der Waals surface area contributed by atoms with Crippen LogP contribution >= 0.6 is 11.8 Å². The SMILES string of the molecule is Cc1ccc(-c2ccc(N3C(=O)[C@H](SC[C@@H](O)c4ccc(F)cc4)[C@H]3c3ccc(O)cc3)cc2)cn1. The van der Waals surface area contributed by atoms with Crippen LogP contribution in [0.3, 0.4) is 0 Å². The predicted molar refractivity (Wildman–Crippen MR) is 140 cm³/mol. The average Bonchev–Trinajstić information content (AvgIpc) is 2.89. The molecule has 5 nitrogen and oxygen atoms in total. The number of aromatic hydroxyl groups is 1. The third kappa shape index (κ3) is 4.85. The van der Waals surface area contributed by atoms with Crippen molar-refractivity contribution in [3.05, 3.63) is 114 Å². The van der Waals surface area contributed by atoms with Crippen LogP contribution < -0.4 is 4.90 Å². The number of aromatic nitrogens is 1. The molecule has 0 radical (unpaired) electrons. The van der Waals surface area contributed by atoms with Gasteiger partial charge in [0.25, 0.3) is 0 Å². The minimum absolute atomic E-state index is 0.0471. The van der Waals surface area contributed by atoms with E-state index in [9.17, 15) is 19.4 Å². The van der Waals surface area contributed by atoms with Crippen molar-refractivity contribution in [1.29, 1.82) is 0 Å². The summed E-state index contributed by atoms with van der Waals surface area (Å²) in [5.74, 6) is 0.0432. The first-order chi connectivity index (χ1) is 17.4. The summed E-state index contributed by atoms with van der Waals surface area (Å²) in [4.78, 5) is 19.4. The normalized spacial score (nSPS) is 18.1. The van der Waals surface area contributed by atoms with Gasteiger partial charge in [-0.3, -0.25) is 9.78 Å². The van der Waals surface area contributed by atoms with Crippen molar-refractivity contribution >= 4 is 23.4 Å². The molecule has 182 valence electrons. The molecule has 2 N–H and O–H groups in total. The highest BCUT2D eigenvalue weighted by Crippen LogP contribution is 2.46. The number of hydrogen-bond acceptors (Lipinski definition) is 5. The number of thioether (sulfide) groups is 1. The number of carbonyl (C=O) groups is 1. The molecule has 3 aromatic carbocycles. The van der Waals surface area contributed by atoms with Crippen LogP contribution in [-0.2, 0) is 4.79 Å². The molecule has 1 aliphatic rings. The molecular weight excluding hydrogens is 475 g/mol. The maximum atomic E-state index is 13.3. The molecule has 0 unspecified atom stereocenters. The summed E-state index contributed by atoms with van der Waals surface area (Å²) in [6.45, 7) is 1.94. The monoisotopic (exact) mass is 500 g/mol. The average molecular weight is 501 g/mol. The van der Waals surface area contributed by atoms with Crippen LogP contribution in [0.1, 0.15) is 29.0 Å². The molecule has 5 rings (SSSR count). The second-order valence-corrected chi connectivity index (χ2v) is 9.98. The van der Waals surface area contributed by atoms with Gasteiger partial charge in [-0.1, -0.05) is 42.5 Å². The fraction of sp³-hybridized carbons (Fsp3) is 0.172. The molecule has 1 aliphatic heterocycles. The van der Waals surface area contributed by atoms with Crippen molar-refractivity contribution in [2.45, 2.75) is 24.3 Å². The minimum atomic E-state index is -0.819. The molecule has 1 aromatic heterocycles. The summed E-state index contributed by atoms with van der Waals surface area (Å²) in [7, 11) is 0. The summed E-state index contributed by atoms with van der Waals surface area (Å²) in [6.07, 6.45) is 1.01. The lowest BCUT2D eigenvalue weighted by molar-refractivity contribution is -0.123. The van der Waals surface area contributed by atoms with Gasteiger partial charge in [-0.15, -0.1) is 11.8 Å². The van der Waals surface area contributed by atoms with E-state index in [1.807, 2.05) is 61.7 Å². The van der Waals surface area contributed by atoms with E-state index in [1.165, 1.54) is 23.9 Å². The molecular formula is C29H25FN2O3S. The number of anilines is 1. The number of aryl methyl sites for hydroxylation is 1. The summed E-state index contributed by atoms with van der Waals surface area (Å²) in [5.41, 5.74) is 5.24. The number of amides is 1. The molecule has 0 saturated carbocycles. The van der Waals surface area contributed by atoms with Gasteiger partial charge in [0.05, 0.1) is 12.1 Å². The molecule has 1 fully saturated rings. The number of benzene rings is 3. The molecule has 2 heterocycles. The molecule has 0 bridgehead atoms. The van der Waals surface area contributed by atoms with E-state index in [-0.39, 0.29) is 23.5 Å². The molecule has 1 amide bonds. The highest BCUT2D eigenvalue weighted by Gasteiger charge is 2.49. The van der Waals surface area contributed by atoms with Crippen LogP contribution in [0.5, 0.6) is 5.75 Å². The number of phenolic OH excluding ortho intramolecular Hbond substituents is 1. The van der Waals surface area contributed by atoms with Crippen molar-refractivity contribution in [3.63, 3.8) is 0 Å². The van der Waals surface area contributed by atoms with Gasteiger partial charge in [-0.25, -0.2) is 4.39 Å². The maximum Gasteiger partial charge on any atom is 0.243 e. The number of nitrogens with zero attached hydrogens (tertiary/aromatic N) is 2. The number of pyridine rings is 1. The number of carbonyl (C=O) groups excluding carboxylic acids is 1. The third-order valence-corrected chi connectivity index (χ3v) is 7.69. The Kier molecular flexibility index (Phi) is 6.76. The number of phenols is 1. The van der Waals surface area contributed by atoms with E-state index in [1.54, 1.807) is 29.2 Å².